The van der Waals surface area contributed by atoms with Gasteiger partial charge in [-0.15, -0.1) is 24.0 Å². The van der Waals surface area contributed by atoms with Crippen LogP contribution in [0.1, 0.15) is 24.2 Å². The molecular formula is C22H32IN5O3. The van der Waals surface area contributed by atoms with Gasteiger partial charge in [0.05, 0.1) is 13.4 Å². The second-order valence-electron chi connectivity index (χ2n) is 7.33. The van der Waals surface area contributed by atoms with Crippen LogP contribution in [0.5, 0.6) is 5.75 Å². The first kappa shape index (κ1) is 24.8. The van der Waals surface area contributed by atoms with Crippen molar-refractivity contribution in [3.63, 3.8) is 0 Å². The molecule has 2 aromatic rings. The highest BCUT2D eigenvalue weighted by molar-refractivity contribution is 14.0. The van der Waals surface area contributed by atoms with E-state index in [9.17, 15) is 4.79 Å². The van der Waals surface area contributed by atoms with E-state index >= 15 is 0 Å². The zero-order valence-corrected chi connectivity index (χ0v) is 20.2. The van der Waals surface area contributed by atoms with Crippen LogP contribution >= 0.6 is 24.0 Å². The summed E-state index contributed by atoms with van der Waals surface area (Å²) in [7, 11) is 1.67. The minimum absolute atomic E-state index is 0. The van der Waals surface area contributed by atoms with Crippen molar-refractivity contribution in [2.45, 2.75) is 31.7 Å². The highest BCUT2D eigenvalue weighted by Gasteiger charge is 2.21. The summed E-state index contributed by atoms with van der Waals surface area (Å²) in [6, 6.07) is 11.8. The maximum atomic E-state index is 11.3. The molecule has 0 aliphatic carbocycles. The SMILES string of the molecule is COc1ccc(CCNC(=NCCc2ccco2)NC2CCN(C(N)=O)CC2)cc1.I. The molecule has 8 nitrogen and oxygen atoms in total. The minimum atomic E-state index is -0.349. The molecule has 3 rings (SSSR count). The van der Waals surface area contributed by atoms with Crippen molar-refractivity contribution in [1.29, 1.82) is 0 Å². The van der Waals surface area contributed by atoms with Gasteiger partial charge in [0.15, 0.2) is 5.96 Å². The fourth-order valence-electron chi connectivity index (χ4n) is 3.44. The van der Waals surface area contributed by atoms with Gasteiger partial charge in [0.25, 0.3) is 0 Å². The Morgan fingerprint density at radius 1 is 1.23 bits per heavy atom. The number of likely N-dealkylation sites (tertiary alicyclic amines) is 1. The van der Waals surface area contributed by atoms with Gasteiger partial charge in [-0.05, 0) is 49.1 Å². The number of methoxy groups -OCH3 is 1. The number of hydrogen-bond acceptors (Lipinski definition) is 4. The first-order valence-corrected chi connectivity index (χ1v) is 10.4. The highest BCUT2D eigenvalue weighted by atomic mass is 127. The van der Waals surface area contributed by atoms with E-state index in [1.54, 1.807) is 18.3 Å². The summed E-state index contributed by atoms with van der Waals surface area (Å²) >= 11 is 0. The van der Waals surface area contributed by atoms with E-state index in [0.29, 0.717) is 19.6 Å². The predicted molar refractivity (Wildman–Crippen MR) is 132 cm³/mol. The summed E-state index contributed by atoms with van der Waals surface area (Å²) in [5, 5.41) is 6.94. The summed E-state index contributed by atoms with van der Waals surface area (Å²) in [6.45, 7) is 2.72. The average molecular weight is 541 g/mol. The molecule has 170 valence electrons. The van der Waals surface area contributed by atoms with Crippen molar-refractivity contribution >= 4 is 36.0 Å². The van der Waals surface area contributed by atoms with Crippen molar-refractivity contribution in [1.82, 2.24) is 15.5 Å². The summed E-state index contributed by atoms with van der Waals surface area (Å²) < 4.78 is 10.6. The molecule has 31 heavy (non-hydrogen) atoms. The van der Waals surface area contributed by atoms with Gasteiger partial charge in [-0.2, -0.15) is 0 Å². The Bertz CT molecular complexity index is 803. The summed E-state index contributed by atoms with van der Waals surface area (Å²) in [5.74, 6) is 2.56. The Morgan fingerprint density at radius 3 is 2.58 bits per heavy atom. The van der Waals surface area contributed by atoms with Crippen molar-refractivity contribution in [2.75, 3.05) is 33.3 Å². The van der Waals surface area contributed by atoms with Gasteiger partial charge in [0.1, 0.15) is 11.5 Å². The standard InChI is InChI=1S/C22H31N5O3.HI/c1-29-19-6-4-17(5-7-19)8-12-24-22(25-13-9-20-3-2-16-30-20)26-18-10-14-27(15-11-18)21(23)28;/h2-7,16,18H,8-15H2,1H3,(H2,23,28)(H2,24,25,26);1H. The number of primary amides is 1. The van der Waals surface area contributed by atoms with Crippen molar-refractivity contribution in [2.24, 2.45) is 10.7 Å². The second kappa shape index (κ2) is 13.1. The fraction of sp³-hybridized carbons (Fsp3) is 0.455. The van der Waals surface area contributed by atoms with Gasteiger partial charge >= 0.3 is 6.03 Å². The zero-order chi connectivity index (χ0) is 21.2. The van der Waals surface area contributed by atoms with Crippen LogP contribution in [0.2, 0.25) is 0 Å². The number of nitrogens with two attached hydrogens (primary N) is 1. The fourth-order valence-corrected chi connectivity index (χ4v) is 3.44. The molecule has 4 N–H and O–H groups in total. The Labute approximate surface area is 200 Å². The maximum absolute atomic E-state index is 11.3. The molecule has 0 atom stereocenters. The van der Waals surface area contributed by atoms with Crippen molar-refractivity contribution in [3.05, 3.63) is 54.0 Å². The summed E-state index contributed by atoms with van der Waals surface area (Å²) in [4.78, 5) is 17.7. The monoisotopic (exact) mass is 541 g/mol. The van der Waals surface area contributed by atoms with E-state index in [4.69, 9.17) is 19.9 Å². The van der Waals surface area contributed by atoms with Gasteiger partial charge in [-0.25, -0.2) is 4.79 Å². The van der Waals surface area contributed by atoms with Gasteiger partial charge < -0.3 is 30.4 Å². The van der Waals surface area contributed by atoms with Crippen LogP contribution in [-0.2, 0) is 12.8 Å². The first-order chi connectivity index (χ1) is 14.6. The number of carbonyl (C=O) groups excluding carboxylic acids is 1. The number of furan rings is 1. The van der Waals surface area contributed by atoms with Gasteiger partial charge in [-0.3, -0.25) is 4.99 Å². The molecule has 2 amide bonds. The van der Waals surface area contributed by atoms with Crippen LogP contribution < -0.4 is 21.1 Å². The normalized spacial score (nSPS) is 14.6. The Balaban J connectivity index is 0.00000341. The van der Waals surface area contributed by atoms with Crippen molar-refractivity contribution in [3.8, 4) is 5.75 Å². The first-order valence-electron chi connectivity index (χ1n) is 10.4. The Kier molecular flexibility index (Phi) is 10.5. The second-order valence-corrected chi connectivity index (χ2v) is 7.33. The number of nitrogens with zero attached hydrogens (tertiary/aromatic N) is 2. The number of rotatable bonds is 8. The Hall–Kier alpha value is -2.43. The molecule has 0 bridgehead atoms. The smallest absolute Gasteiger partial charge is 0.314 e. The van der Waals surface area contributed by atoms with Crippen LogP contribution in [0.25, 0.3) is 0 Å². The van der Waals surface area contributed by atoms with Crippen LogP contribution in [-0.4, -0.2) is 56.2 Å². The quantitative estimate of drug-likeness (QED) is 0.271. The van der Waals surface area contributed by atoms with E-state index in [0.717, 1.165) is 49.7 Å². The molecular weight excluding hydrogens is 509 g/mol. The number of piperidine rings is 1. The minimum Gasteiger partial charge on any atom is -0.497 e. The molecule has 2 heterocycles. The number of ether oxygens (including phenoxy) is 1. The molecule has 1 saturated heterocycles. The maximum Gasteiger partial charge on any atom is 0.314 e. The number of carbonyl (C=O) groups is 1. The van der Waals surface area contributed by atoms with Gasteiger partial charge in [0, 0.05) is 38.6 Å². The van der Waals surface area contributed by atoms with E-state index in [-0.39, 0.29) is 36.0 Å². The number of halogens is 1. The third-order valence-corrected chi connectivity index (χ3v) is 5.22. The molecule has 0 unspecified atom stereocenters. The molecule has 1 aliphatic heterocycles. The molecule has 1 aromatic carbocycles. The van der Waals surface area contributed by atoms with E-state index in [2.05, 4.69) is 22.8 Å². The third kappa shape index (κ3) is 8.31. The molecule has 0 spiro atoms. The van der Waals surface area contributed by atoms with Gasteiger partial charge in [0.2, 0.25) is 0 Å². The van der Waals surface area contributed by atoms with Gasteiger partial charge in [-0.1, -0.05) is 12.1 Å². The van der Waals surface area contributed by atoms with Crippen LogP contribution in [0.15, 0.2) is 52.1 Å². The number of nitrogens with one attached hydrogen (secondary N) is 2. The summed E-state index contributed by atoms with van der Waals surface area (Å²) in [6.07, 6.45) is 5.00. The molecule has 9 heteroatoms. The Morgan fingerprint density at radius 2 is 1.97 bits per heavy atom. The lowest BCUT2D eigenvalue weighted by molar-refractivity contribution is 0.188. The number of aliphatic imine (C=N–C) groups is 1. The van der Waals surface area contributed by atoms with E-state index in [1.807, 2.05) is 24.3 Å². The number of guanidine groups is 1. The predicted octanol–water partition coefficient (Wildman–Crippen LogP) is 2.77. The van der Waals surface area contributed by atoms with Crippen LogP contribution in [0.4, 0.5) is 4.79 Å². The number of hydrogen-bond donors (Lipinski definition) is 3. The lowest BCUT2D eigenvalue weighted by Crippen LogP contribution is -2.51. The molecule has 1 fully saturated rings. The third-order valence-electron chi connectivity index (χ3n) is 5.22. The van der Waals surface area contributed by atoms with Crippen molar-refractivity contribution < 1.29 is 13.9 Å². The molecule has 1 aromatic heterocycles. The molecule has 0 radical (unpaired) electrons. The lowest BCUT2D eigenvalue weighted by Gasteiger charge is -2.32. The lowest BCUT2D eigenvalue weighted by atomic mass is 10.1. The number of benzene rings is 1. The summed E-state index contributed by atoms with van der Waals surface area (Å²) in [5.41, 5.74) is 6.61. The zero-order valence-electron chi connectivity index (χ0n) is 17.9. The van der Waals surface area contributed by atoms with Crippen LogP contribution in [0.3, 0.4) is 0 Å². The average Bonchev–Trinajstić information content (AvgIpc) is 3.28. The highest BCUT2D eigenvalue weighted by Crippen LogP contribution is 2.12. The topological polar surface area (TPSA) is 105 Å². The van der Waals surface area contributed by atoms with E-state index in [1.165, 1.54) is 5.56 Å². The largest absolute Gasteiger partial charge is 0.497 e. The molecule has 1 aliphatic rings. The molecule has 0 saturated carbocycles. The van der Waals surface area contributed by atoms with E-state index < -0.39 is 0 Å². The van der Waals surface area contributed by atoms with Crippen LogP contribution in [0, 0.1) is 0 Å². The number of urea groups is 1. The number of amides is 2.